The molecule has 1 rings (SSSR count). The molecule has 3 N–H and O–H groups in total. The van der Waals surface area contributed by atoms with Gasteiger partial charge in [-0.05, 0) is 77.0 Å². The first-order valence-corrected chi connectivity index (χ1v) is 35.0. The van der Waals surface area contributed by atoms with Crippen molar-refractivity contribution in [2.75, 3.05) is 13.2 Å². The van der Waals surface area contributed by atoms with Gasteiger partial charge in [-0.1, -0.05) is 282 Å². The molecule has 0 spiro atoms. The molecule has 12 nitrogen and oxygen atoms in total. The minimum absolute atomic E-state index is 0.0602. The van der Waals surface area contributed by atoms with Crippen LogP contribution in [0.3, 0.4) is 0 Å². The second-order valence-electron chi connectivity index (χ2n) is 24.2. The third-order valence-corrected chi connectivity index (χ3v) is 16.2. The lowest BCUT2D eigenvalue weighted by atomic mass is 9.98. The van der Waals surface area contributed by atoms with E-state index in [0.29, 0.717) is 19.3 Å². The van der Waals surface area contributed by atoms with E-state index < -0.39 is 67.3 Å². The highest BCUT2D eigenvalue weighted by molar-refractivity contribution is 5.74. The molecule has 484 valence electrons. The number of carboxylic acid groups (broad SMARTS) is 1. The van der Waals surface area contributed by atoms with E-state index in [4.69, 9.17) is 23.7 Å². The number of aliphatic hydroxyl groups is 2. The average Bonchev–Trinajstić information content (AvgIpc) is 3.60. The van der Waals surface area contributed by atoms with E-state index >= 15 is 0 Å². The fraction of sp³-hybridized carbons (Fsp3) is 0.859. The van der Waals surface area contributed by atoms with Crippen LogP contribution in [0.2, 0.25) is 0 Å². The van der Waals surface area contributed by atoms with E-state index in [1.54, 1.807) is 0 Å². The molecule has 1 heterocycles. The van der Waals surface area contributed by atoms with Gasteiger partial charge in [-0.2, -0.15) is 0 Å². The van der Waals surface area contributed by atoms with Crippen LogP contribution in [0.25, 0.3) is 0 Å². The Morgan fingerprint density at radius 1 is 0.398 bits per heavy atom. The fourth-order valence-corrected chi connectivity index (χ4v) is 10.8. The van der Waals surface area contributed by atoms with Crippen LogP contribution in [0.1, 0.15) is 342 Å². The predicted molar refractivity (Wildman–Crippen MR) is 340 cm³/mol. The summed E-state index contributed by atoms with van der Waals surface area (Å²) >= 11 is 0. The number of unbranched alkanes of at least 4 members (excludes halogenated alkanes) is 41. The minimum Gasteiger partial charge on any atom is -0.479 e. The number of hydrogen-bond acceptors (Lipinski definition) is 11. The van der Waals surface area contributed by atoms with E-state index in [1.165, 1.54) is 186 Å². The summed E-state index contributed by atoms with van der Waals surface area (Å²) in [6.45, 7) is 6.02. The number of carbonyl (C=O) groups is 4. The van der Waals surface area contributed by atoms with Crippen molar-refractivity contribution in [1.29, 1.82) is 0 Å². The van der Waals surface area contributed by atoms with Crippen LogP contribution in [0.5, 0.6) is 0 Å². The first-order valence-electron chi connectivity index (χ1n) is 35.0. The molecule has 0 bridgehead atoms. The molecular weight excluding hydrogens is 1040 g/mol. The molecule has 1 fully saturated rings. The molecule has 83 heavy (non-hydrogen) atoms. The second kappa shape index (κ2) is 59.3. The van der Waals surface area contributed by atoms with E-state index in [0.717, 1.165) is 96.3 Å². The summed E-state index contributed by atoms with van der Waals surface area (Å²) in [4.78, 5) is 51.4. The van der Waals surface area contributed by atoms with Gasteiger partial charge in [0.2, 0.25) is 0 Å². The molecule has 1 aliphatic rings. The molecule has 0 radical (unpaired) electrons. The molecule has 6 unspecified atom stereocenters. The number of hydrogen-bond donors (Lipinski definition) is 3. The van der Waals surface area contributed by atoms with Gasteiger partial charge in [-0.25, -0.2) is 4.79 Å². The van der Waals surface area contributed by atoms with Crippen molar-refractivity contribution in [2.45, 2.75) is 379 Å². The van der Waals surface area contributed by atoms with Gasteiger partial charge >= 0.3 is 23.9 Å². The monoisotopic (exact) mass is 1170 g/mol. The highest BCUT2D eigenvalue weighted by Crippen LogP contribution is 2.27. The van der Waals surface area contributed by atoms with Crippen molar-refractivity contribution < 1.29 is 58.2 Å². The number of carboxylic acids is 1. The maximum atomic E-state index is 13.2. The third kappa shape index (κ3) is 48.7. The van der Waals surface area contributed by atoms with Gasteiger partial charge in [0.15, 0.2) is 24.6 Å². The number of aliphatic carboxylic acids is 1. The van der Waals surface area contributed by atoms with Gasteiger partial charge in [-0.3, -0.25) is 14.4 Å². The topological polar surface area (TPSA) is 175 Å². The van der Waals surface area contributed by atoms with Crippen LogP contribution < -0.4 is 0 Å². The number of ether oxygens (including phenoxy) is 5. The first-order chi connectivity index (χ1) is 40.6. The molecule has 6 atom stereocenters. The van der Waals surface area contributed by atoms with Crippen LogP contribution in [-0.2, 0) is 42.9 Å². The molecule has 1 aliphatic heterocycles. The molecule has 1 saturated heterocycles. The Kier molecular flexibility index (Phi) is 55.7. The van der Waals surface area contributed by atoms with Crippen molar-refractivity contribution in [1.82, 2.24) is 0 Å². The van der Waals surface area contributed by atoms with Crippen LogP contribution in [0.4, 0.5) is 0 Å². The Morgan fingerprint density at radius 2 is 0.723 bits per heavy atom. The van der Waals surface area contributed by atoms with Crippen molar-refractivity contribution in [3.8, 4) is 0 Å². The smallest absolute Gasteiger partial charge is 0.335 e. The lowest BCUT2D eigenvalue weighted by Gasteiger charge is -2.40. The zero-order valence-electron chi connectivity index (χ0n) is 53.7. The predicted octanol–water partition coefficient (Wildman–Crippen LogP) is 19.1. The van der Waals surface area contributed by atoms with E-state index in [2.05, 4.69) is 57.2 Å². The van der Waals surface area contributed by atoms with Crippen molar-refractivity contribution in [2.24, 2.45) is 0 Å². The summed E-state index contributed by atoms with van der Waals surface area (Å²) in [5.41, 5.74) is 0. The number of rotatable bonds is 61. The summed E-state index contributed by atoms with van der Waals surface area (Å²) in [7, 11) is 0. The maximum absolute atomic E-state index is 13.2. The standard InChI is InChI=1S/C71H128O12/c1-4-7-10-13-16-19-22-25-28-30-32-34-37-39-42-45-48-51-54-57-63(72)79-60-62(81-64(73)58-55-52-49-46-43-40-36-27-24-21-18-15-12-9-6-3)61-80-71-69(67(76)66(75)68(83-71)70(77)78)82-65(74)59-56-53-50-47-44-41-38-35-33-31-29-26-23-20-17-14-11-8-5-2/h18,21,26-27,29,36,62,66-69,71,75-76H,4-17,19-20,22-25,28,30-35,37-61H2,1-3H3,(H,77,78)/b21-18-,29-26-,36-27-. The SMILES string of the molecule is CCCCC/C=C\C/C=C\CCCCCCCC(=O)OC(COC(=O)CCCCCCCCCCCCCCCCCCCCC)COC1OC(C(=O)O)C(O)C(O)C1OC(=O)CCCCCCCCCCC/C=C\CCCCCCCC. The maximum Gasteiger partial charge on any atom is 0.335 e. The van der Waals surface area contributed by atoms with Crippen LogP contribution in [0, 0.1) is 0 Å². The summed E-state index contributed by atoms with van der Waals surface area (Å²) in [6.07, 6.45) is 59.6. The largest absolute Gasteiger partial charge is 0.479 e. The average molecular weight is 1170 g/mol. The van der Waals surface area contributed by atoms with E-state index in [-0.39, 0.29) is 25.9 Å². The van der Waals surface area contributed by atoms with Crippen LogP contribution in [0.15, 0.2) is 36.5 Å². The second-order valence-corrected chi connectivity index (χ2v) is 24.2. The molecule has 0 aromatic rings. The normalized spacial score (nSPS) is 17.7. The molecule has 0 aromatic heterocycles. The van der Waals surface area contributed by atoms with Gasteiger partial charge in [0, 0.05) is 19.3 Å². The quantitative estimate of drug-likeness (QED) is 0.0228. The molecule has 12 heteroatoms. The summed E-state index contributed by atoms with van der Waals surface area (Å²) in [5.74, 6) is -3.10. The van der Waals surface area contributed by atoms with Gasteiger partial charge in [0.05, 0.1) is 6.61 Å². The lowest BCUT2D eigenvalue weighted by molar-refractivity contribution is -0.301. The Balaban J connectivity index is 2.61. The minimum atomic E-state index is -1.90. The number of allylic oxidation sites excluding steroid dienone is 6. The van der Waals surface area contributed by atoms with Crippen molar-refractivity contribution in [3.63, 3.8) is 0 Å². The Bertz CT molecular complexity index is 1580. The summed E-state index contributed by atoms with van der Waals surface area (Å²) in [6, 6.07) is 0. The Hall–Kier alpha value is -3.06. The third-order valence-electron chi connectivity index (χ3n) is 16.2. The molecule has 0 saturated carbocycles. The zero-order chi connectivity index (χ0) is 60.3. The molecule has 0 aliphatic carbocycles. The van der Waals surface area contributed by atoms with Gasteiger partial charge < -0.3 is 39.0 Å². The van der Waals surface area contributed by atoms with Crippen molar-refractivity contribution >= 4 is 23.9 Å². The number of carbonyl (C=O) groups excluding carboxylic acids is 3. The van der Waals surface area contributed by atoms with Gasteiger partial charge in [-0.15, -0.1) is 0 Å². The zero-order valence-corrected chi connectivity index (χ0v) is 53.7. The Labute approximate surface area is 508 Å². The highest BCUT2D eigenvalue weighted by Gasteiger charge is 2.50. The molecule has 0 aromatic carbocycles. The first kappa shape index (κ1) is 78.0. The van der Waals surface area contributed by atoms with Crippen LogP contribution in [-0.4, -0.2) is 89.2 Å². The molecule has 0 amide bonds. The summed E-state index contributed by atoms with van der Waals surface area (Å²) < 4.78 is 28.6. The van der Waals surface area contributed by atoms with Crippen molar-refractivity contribution in [3.05, 3.63) is 36.5 Å². The van der Waals surface area contributed by atoms with Gasteiger partial charge in [0.25, 0.3) is 0 Å². The number of esters is 3. The van der Waals surface area contributed by atoms with E-state index in [9.17, 15) is 34.5 Å². The molecular formula is C71H128O12. The highest BCUT2D eigenvalue weighted by atomic mass is 16.7. The fourth-order valence-electron chi connectivity index (χ4n) is 10.8. The van der Waals surface area contributed by atoms with Crippen LogP contribution >= 0.6 is 0 Å². The summed E-state index contributed by atoms with van der Waals surface area (Å²) in [5, 5.41) is 31.7. The van der Waals surface area contributed by atoms with E-state index in [1.807, 2.05) is 0 Å². The van der Waals surface area contributed by atoms with Gasteiger partial charge in [0.1, 0.15) is 18.8 Å². The Morgan fingerprint density at radius 3 is 1.12 bits per heavy atom. The lowest BCUT2D eigenvalue weighted by Crippen LogP contribution is -2.61. The number of aliphatic hydroxyl groups excluding tert-OH is 2.